The molecule has 1 unspecified atom stereocenters. The van der Waals surface area contributed by atoms with E-state index in [1.165, 1.54) is 16.2 Å². The largest absolute Gasteiger partial charge is 0.497 e. The van der Waals surface area contributed by atoms with Gasteiger partial charge in [0.05, 0.1) is 23.2 Å². The van der Waals surface area contributed by atoms with Crippen LogP contribution in [0.3, 0.4) is 0 Å². The number of rotatable bonds is 4. The Morgan fingerprint density at radius 1 is 1.23 bits per heavy atom. The van der Waals surface area contributed by atoms with E-state index < -0.39 is 0 Å². The molecule has 132 valence electrons. The van der Waals surface area contributed by atoms with Gasteiger partial charge < -0.3 is 4.74 Å². The second-order valence-corrected chi connectivity index (χ2v) is 7.57. The highest BCUT2D eigenvalue weighted by Gasteiger charge is 2.40. The number of amides is 2. The molecule has 1 aliphatic heterocycles. The molecule has 0 aliphatic carbocycles. The van der Waals surface area contributed by atoms with Crippen molar-refractivity contribution in [2.75, 3.05) is 12.0 Å². The van der Waals surface area contributed by atoms with E-state index in [4.69, 9.17) is 16.3 Å². The number of carbonyl (C=O) groups excluding carboxylic acids is 2. The molecule has 2 aromatic carbocycles. The molecule has 1 saturated heterocycles. The van der Waals surface area contributed by atoms with Gasteiger partial charge in [0.15, 0.2) is 5.13 Å². The number of fused-ring (bicyclic) bond motifs is 1. The fourth-order valence-corrected chi connectivity index (χ4v) is 4.17. The van der Waals surface area contributed by atoms with E-state index in [1.54, 1.807) is 25.3 Å². The number of hydrogen-bond acceptors (Lipinski definition) is 5. The molecule has 0 radical (unpaired) electrons. The van der Waals surface area contributed by atoms with Gasteiger partial charge >= 0.3 is 0 Å². The van der Waals surface area contributed by atoms with Crippen LogP contribution in [0, 0.1) is 5.92 Å². The van der Waals surface area contributed by atoms with Crippen LogP contribution in [-0.2, 0) is 16.0 Å². The van der Waals surface area contributed by atoms with E-state index in [9.17, 15) is 9.59 Å². The molecule has 2 amide bonds. The van der Waals surface area contributed by atoms with Crippen molar-refractivity contribution < 1.29 is 14.3 Å². The lowest BCUT2D eigenvalue weighted by molar-refractivity contribution is -0.122. The second-order valence-electron chi connectivity index (χ2n) is 6.13. The van der Waals surface area contributed by atoms with Crippen molar-refractivity contribution in [3.63, 3.8) is 0 Å². The highest BCUT2D eigenvalue weighted by molar-refractivity contribution is 7.22. The molecule has 0 N–H and O–H groups in total. The Bertz CT molecular complexity index is 1000. The molecule has 0 saturated carbocycles. The summed E-state index contributed by atoms with van der Waals surface area (Å²) >= 11 is 7.23. The molecule has 5 nitrogen and oxygen atoms in total. The summed E-state index contributed by atoms with van der Waals surface area (Å²) in [5, 5.41) is 1.07. The zero-order valence-corrected chi connectivity index (χ0v) is 15.5. The lowest BCUT2D eigenvalue weighted by Crippen LogP contribution is -2.30. The second kappa shape index (κ2) is 6.70. The number of hydrogen-bond donors (Lipinski definition) is 0. The number of methoxy groups -OCH3 is 1. The third-order valence-corrected chi connectivity index (χ3v) is 5.68. The van der Waals surface area contributed by atoms with Gasteiger partial charge in [-0.15, -0.1) is 0 Å². The molecular formula is C19H15ClN2O3S. The first-order valence-corrected chi connectivity index (χ1v) is 9.30. The molecule has 3 aromatic rings. The first kappa shape index (κ1) is 17.0. The Kier molecular flexibility index (Phi) is 4.38. The predicted octanol–water partition coefficient (Wildman–Crippen LogP) is 4.08. The number of carbonyl (C=O) groups is 2. The van der Waals surface area contributed by atoms with E-state index in [1.807, 2.05) is 24.3 Å². The lowest BCUT2D eigenvalue weighted by Gasteiger charge is -2.11. The summed E-state index contributed by atoms with van der Waals surface area (Å²) in [5.74, 6) is -0.0878. The zero-order chi connectivity index (χ0) is 18.3. The summed E-state index contributed by atoms with van der Waals surface area (Å²) < 4.78 is 6.10. The SMILES string of the molecule is COc1ccc2sc(N3C(=O)CC(Cc4ccc(Cl)cc4)C3=O)nc2c1. The van der Waals surface area contributed by atoms with Gasteiger partial charge in [-0.1, -0.05) is 35.1 Å². The van der Waals surface area contributed by atoms with Gasteiger partial charge in [-0.3, -0.25) is 9.59 Å². The average molecular weight is 387 g/mol. The van der Waals surface area contributed by atoms with Crippen LogP contribution < -0.4 is 9.64 Å². The van der Waals surface area contributed by atoms with E-state index >= 15 is 0 Å². The molecule has 1 fully saturated rings. The van der Waals surface area contributed by atoms with Gasteiger partial charge in [-0.2, -0.15) is 0 Å². The smallest absolute Gasteiger partial charge is 0.239 e. The van der Waals surface area contributed by atoms with Crippen LogP contribution in [0.15, 0.2) is 42.5 Å². The Morgan fingerprint density at radius 3 is 2.73 bits per heavy atom. The number of benzene rings is 2. The quantitative estimate of drug-likeness (QED) is 0.634. The van der Waals surface area contributed by atoms with Crippen LogP contribution in [0.4, 0.5) is 5.13 Å². The maximum absolute atomic E-state index is 12.8. The number of nitrogens with zero attached hydrogens (tertiary/aromatic N) is 2. The molecule has 1 aliphatic rings. The van der Waals surface area contributed by atoms with E-state index in [0.717, 1.165) is 10.3 Å². The number of anilines is 1. The van der Waals surface area contributed by atoms with Crippen molar-refractivity contribution in [1.29, 1.82) is 0 Å². The summed E-state index contributed by atoms with van der Waals surface area (Å²) in [4.78, 5) is 31.0. The number of thiazole rings is 1. The standard InChI is InChI=1S/C19H15ClN2O3S/c1-25-14-6-7-16-15(10-14)21-19(26-16)22-17(23)9-12(18(22)24)8-11-2-4-13(20)5-3-11/h2-7,10,12H,8-9H2,1H3. The molecule has 7 heteroatoms. The first-order chi connectivity index (χ1) is 12.5. The summed E-state index contributed by atoms with van der Waals surface area (Å²) in [6.07, 6.45) is 0.706. The Balaban J connectivity index is 1.59. The number of ether oxygens (including phenoxy) is 1. The van der Waals surface area contributed by atoms with Gasteiger partial charge in [0, 0.05) is 17.5 Å². The van der Waals surface area contributed by atoms with Crippen LogP contribution in [-0.4, -0.2) is 23.9 Å². The molecule has 26 heavy (non-hydrogen) atoms. The highest BCUT2D eigenvalue weighted by atomic mass is 35.5. The molecule has 1 atom stereocenters. The maximum Gasteiger partial charge on any atom is 0.239 e. The third kappa shape index (κ3) is 3.06. The van der Waals surface area contributed by atoms with Gasteiger partial charge in [-0.25, -0.2) is 9.88 Å². The maximum atomic E-state index is 12.8. The molecule has 0 bridgehead atoms. The topological polar surface area (TPSA) is 59.5 Å². The fourth-order valence-electron chi connectivity index (χ4n) is 3.08. The molecule has 0 spiro atoms. The van der Waals surface area contributed by atoms with Crippen molar-refractivity contribution in [3.8, 4) is 5.75 Å². The van der Waals surface area contributed by atoms with Crippen LogP contribution in [0.2, 0.25) is 5.02 Å². The number of halogens is 1. The summed E-state index contributed by atoms with van der Waals surface area (Å²) in [5.41, 5.74) is 1.70. The van der Waals surface area contributed by atoms with Crippen molar-refractivity contribution in [1.82, 2.24) is 4.98 Å². The molecular weight excluding hydrogens is 372 g/mol. The predicted molar refractivity (Wildman–Crippen MR) is 102 cm³/mol. The van der Waals surface area contributed by atoms with Crippen molar-refractivity contribution in [2.24, 2.45) is 5.92 Å². The highest BCUT2D eigenvalue weighted by Crippen LogP contribution is 2.35. The van der Waals surface area contributed by atoms with Gasteiger partial charge in [0.1, 0.15) is 5.75 Å². The van der Waals surface area contributed by atoms with Gasteiger partial charge in [0.25, 0.3) is 0 Å². The lowest BCUT2D eigenvalue weighted by atomic mass is 9.98. The minimum Gasteiger partial charge on any atom is -0.497 e. The van der Waals surface area contributed by atoms with Gasteiger partial charge in [-0.05, 0) is 36.2 Å². The molecule has 2 heterocycles. The summed E-state index contributed by atoms with van der Waals surface area (Å²) in [7, 11) is 1.59. The zero-order valence-electron chi connectivity index (χ0n) is 13.9. The first-order valence-electron chi connectivity index (χ1n) is 8.11. The monoisotopic (exact) mass is 386 g/mol. The van der Waals surface area contributed by atoms with Crippen molar-refractivity contribution in [3.05, 3.63) is 53.1 Å². The van der Waals surface area contributed by atoms with E-state index in [0.29, 0.717) is 27.8 Å². The van der Waals surface area contributed by atoms with Crippen LogP contribution >= 0.6 is 22.9 Å². The normalized spacial score (nSPS) is 17.3. The summed E-state index contributed by atoms with van der Waals surface area (Å²) in [6.45, 7) is 0. The minimum absolute atomic E-state index is 0.195. The Labute approximate surface area is 159 Å². The Morgan fingerprint density at radius 2 is 2.00 bits per heavy atom. The Hall–Kier alpha value is -2.44. The summed E-state index contributed by atoms with van der Waals surface area (Å²) in [6, 6.07) is 12.9. The average Bonchev–Trinajstić information content (AvgIpc) is 3.16. The van der Waals surface area contributed by atoms with Gasteiger partial charge in [0.2, 0.25) is 11.8 Å². The van der Waals surface area contributed by atoms with Crippen LogP contribution in [0.1, 0.15) is 12.0 Å². The van der Waals surface area contributed by atoms with E-state index in [2.05, 4.69) is 4.98 Å². The third-order valence-electron chi connectivity index (χ3n) is 4.41. The van der Waals surface area contributed by atoms with Crippen LogP contribution in [0.25, 0.3) is 10.2 Å². The molecule has 1 aromatic heterocycles. The van der Waals surface area contributed by atoms with Crippen molar-refractivity contribution in [2.45, 2.75) is 12.8 Å². The minimum atomic E-state index is -0.370. The number of aromatic nitrogens is 1. The number of imide groups is 1. The van der Waals surface area contributed by atoms with E-state index in [-0.39, 0.29) is 24.2 Å². The van der Waals surface area contributed by atoms with Crippen LogP contribution in [0.5, 0.6) is 5.75 Å². The fraction of sp³-hybridized carbons (Fsp3) is 0.211. The van der Waals surface area contributed by atoms with Crippen molar-refractivity contribution >= 4 is 50.1 Å². The molecule has 4 rings (SSSR count).